The third-order valence-electron chi connectivity index (χ3n) is 3.86. The zero-order valence-electron chi connectivity index (χ0n) is 13.7. The normalized spacial score (nSPS) is 10.7. The lowest BCUT2D eigenvalue weighted by Crippen LogP contribution is -2.13. The van der Waals surface area contributed by atoms with Crippen molar-refractivity contribution in [3.8, 4) is 0 Å². The molecule has 1 N–H and O–H groups in total. The summed E-state index contributed by atoms with van der Waals surface area (Å²) in [5.74, 6) is 0.0887. The van der Waals surface area contributed by atoms with Crippen LogP contribution in [0, 0.1) is 0 Å². The first kappa shape index (κ1) is 17.5. The molecular formula is C19H17Cl2N3O. The average molecular weight is 374 g/mol. The Morgan fingerprint density at radius 3 is 2.48 bits per heavy atom. The average Bonchev–Trinajstić information content (AvgIpc) is 2.96. The highest BCUT2D eigenvalue weighted by molar-refractivity contribution is 6.33. The van der Waals surface area contributed by atoms with Crippen molar-refractivity contribution in [2.75, 3.05) is 5.32 Å². The summed E-state index contributed by atoms with van der Waals surface area (Å²) in [4.78, 5) is 12.3. The van der Waals surface area contributed by atoms with Gasteiger partial charge in [0.05, 0.1) is 6.54 Å². The Hall–Kier alpha value is -2.30. The molecule has 0 saturated carbocycles. The molecule has 3 aromatic rings. The third-order valence-corrected chi connectivity index (χ3v) is 4.51. The van der Waals surface area contributed by atoms with Crippen LogP contribution >= 0.6 is 23.2 Å². The molecule has 2 aromatic carbocycles. The second kappa shape index (κ2) is 7.72. The summed E-state index contributed by atoms with van der Waals surface area (Å²) in [6.07, 6.45) is 2.60. The van der Waals surface area contributed by atoms with E-state index in [0.717, 1.165) is 12.0 Å². The standard InChI is InChI=1S/C19H17Cl2N3O/c1-2-13-7-9-14(10-8-13)19(25)22-18-17(21)12-24(23-18)11-15-5-3-4-6-16(15)20/h3-10,12H,2,11H2,1H3,(H,22,23,25). The number of nitrogens with zero attached hydrogens (tertiary/aromatic N) is 2. The van der Waals surface area contributed by atoms with E-state index in [0.29, 0.717) is 28.0 Å². The Morgan fingerprint density at radius 1 is 1.08 bits per heavy atom. The van der Waals surface area contributed by atoms with Gasteiger partial charge in [0.1, 0.15) is 5.02 Å². The fourth-order valence-electron chi connectivity index (χ4n) is 2.44. The summed E-state index contributed by atoms with van der Waals surface area (Å²) < 4.78 is 1.65. The molecule has 0 saturated heterocycles. The van der Waals surface area contributed by atoms with Crippen molar-refractivity contribution in [3.05, 3.63) is 81.5 Å². The quantitative estimate of drug-likeness (QED) is 0.679. The van der Waals surface area contributed by atoms with Crippen molar-refractivity contribution in [2.45, 2.75) is 19.9 Å². The number of nitrogens with one attached hydrogen (secondary N) is 1. The fraction of sp³-hybridized carbons (Fsp3) is 0.158. The minimum atomic E-state index is -0.243. The maximum absolute atomic E-state index is 12.3. The topological polar surface area (TPSA) is 46.9 Å². The molecule has 0 radical (unpaired) electrons. The zero-order valence-corrected chi connectivity index (χ0v) is 15.2. The zero-order chi connectivity index (χ0) is 17.8. The molecule has 0 aliphatic carbocycles. The summed E-state index contributed by atoms with van der Waals surface area (Å²) in [5, 5.41) is 8.13. The van der Waals surface area contributed by atoms with E-state index >= 15 is 0 Å². The number of rotatable bonds is 5. The van der Waals surface area contributed by atoms with Crippen LogP contribution in [0.3, 0.4) is 0 Å². The van der Waals surface area contributed by atoms with Gasteiger partial charge >= 0.3 is 0 Å². The molecule has 4 nitrogen and oxygen atoms in total. The summed E-state index contributed by atoms with van der Waals surface area (Å²) in [7, 11) is 0. The van der Waals surface area contributed by atoms with Crippen molar-refractivity contribution in [1.29, 1.82) is 0 Å². The Morgan fingerprint density at radius 2 is 1.80 bits per heavy atom. The van der Waals surface area contributed by atoms with Gasteiger partial charge in [-0.05, 0) is 35.7 Å². The molecule has 25 heavy (non-hydrogen) atoms. The first-order chi connectivity index (χ1) is 12.1. The summed E-state index contributed by atoms with van der Waals surface area (Å²) in [5.41, 5.74) is 2.67. The van der Waals surface area contributed by atoms with E-state index in [2.05, 4.69) is 17.3 Å². The molecule has 1 heterocycles. The number of hydrogen-bond acceptors (Lipinski definition) is 2. The van der Waals surface area contributed by atoms with Crippen LogP contribution in [0.5, 0.6) is 0 Å². The van der Waals surface area contributed by atoms with Gasteiger partial charge in [0.25, 0.3) is 5.91 Å². The Balaban J connectivity index is 1.73. The Labute approximate surface area is 156 Å². The number of hydrogen-bond donors (Lipinski definition) is 1. The molecule has 6 heteroatoms. The van der Waals surface area contributed by atoms with Gasteiger partial charge < -0.3 is 5.32 Å². The largest absolute Gasteiger partial charge is 0.304 e. The monoisotopic (exact) mass is 373 g/mol. The lowest BCUT2D eigenvalue weighted by Gasteiger charge is -2.05. The van der Waals surface area contributed by atoms with Gasteiger partial charge in [-0.25, -0.2) is 0 Å². The molecule has 3 rings (SSSR count). The molecule has 1 aromatic heterocycles. The van der Waals surface area contributed by atoms with Gasteiger partial charge in [-0.1, -0.05) is 60.5 Å². The lowest BCUT2D eigenvalue weighted by atomic mass is 10.1. The van der Waals surface area contributed by atoms with Gasteiger partial charge in [-0.2, -0.15) is 5.10 Å². The Bertz CT molecular complexity index is 888. The molecule has 0 spiro atoms. The van der Waals surface area contributed by atoms with Gasteiger partial charge in [-0.15, -0.1) is 0 Å². The number of carbonyl (C=O) groups excluding carboxylic acids is 1. The van der Waals surface area contributed by atoms with E-state index in [-0.39, 0.29) is 5.91 Å². The molecule has 0 aliphatic rings. The number of amides is 1. The molecule has 0 aliphatic heterocycles. The van der Waals surface area contributed by atoms with Crippen LogP contribution in [0.4, 0.5) is 5.82 Å². The maximum atomic E-state index is 12.3. The van der Waals surface area contributed by atoms with Crippen LogP contribution in [0.2, 0.25) is 10.0 Å². The highest BCUT2D eigenvalue weighted by atomic mass is 35.5. The summed E-state index contributed by atoms with van der Waals surface area (Å²) in [6, 6.07) is 15.0. The third kappa shape index (κ3) is 4.21. The Kier molecular flexibility index (Phi) is 5.41. The SMILES string of the molecule is CCc1ccc(C(=O)Nc2nn(Cc3ccccc3Cl)cc2Cl)cc1. The smallest absolute Gasteiger partial charge is 0.256 e. The van der Waals surface area contributed by atoms with Gasteiger partial charge in [0.15, 0.2) is 5.82 Å². The molecular weight excluding hydrogens is 357 g/mol. The molecule has 0 bridgehead atoms. The van der Waals surface area contributed by atoms with E-state index in [1.165, 1.54) is 5.56 Å². The second-order valence-electron chi connectivity index (χ2n) is 5.62. The van der Waals surface area contributed by atoms with Crippen LogP contribution < -0.4 is 5.32 Å². The maximum Gasteiger partial charge on any atom is 0.256 e. The summed E-state index contributed by atoms with van der Waals surface area (Å²) in [6.45, 7) is 2.54. The highest BCUT2D eigenvalue weighted by Crippen LogP contribution is 2.22. The first-order valence-corrected chi connectivity index (χ1v) is 8.69. The minimum Gasteiger partial charge on any atom is -0.304 e. The molecule has 0 unspecified atom stereocenters. The van der Waals surface area contributed by atoms with Crippen molar-refractivity contribution in [3.63, 3.8) is 0 Å². The number of aryl methyl sites for hydroxylation is 1. The van der Waals surface area contributed by atoms with Crippen LogP contribution in [0.1, 0.15) is 28.4 Å². The van der Waals surface area contributed by atoms with Gasteiger partial charge in [0, 0.05) is 16.8 Å². The first-order valence-electron chi connectivity index (χ1n) is 7.93. The molecule has 128 valence electrons. The van der Waals surface area contributed by atoms with Crippen molar-refractivity contribution in [2.24, 2.45) is 0 Å². The number of carbonyl (C=O) groups is 1. The van der Waals surface area contributed by atoms with E-state index in [1.807, 2.05) is 36.4 Å². The predicted molar refractivity (Wildman–Crippen MR) is 102 cm³/mol. The summed E-state index contributed by atoms with van der Waals surface area (Å²) >= 11 is 12.4. The van der Waals surface area contributed by atoms with Crippen molar-refractivity contribution >= 4 is 34.9 Å². The van der Waals surface area contributed by atoms with Crippen LogP contribution in [-0.4, -0.2) is 15.7 Å². The second-order valence-corrected chi connectivity index (χ2v) is 6.43. The highest BCUT2D eigenvalue weighted by Gasteiger charge is 2.13. The van der Waals surface area contributed by atoms with Crippen LogP contribution in [-0.2, 0) is 13.0 Å². The van der Waals surface area contributed by atoms with Gasteiger partial charge in [0.2, 0.25) is 0 Å². The van der Waals surface area contributed by atoms with Gasteiger partial charge in [-0.3, -0.25) is 9.48 Å². The molecule has 0 fully saturated rings. The van der Waals surface area contributed by atoms with E-state index in [9.17, 15) is 4.79 Å². The van der Waals surface area contributed by atoms with Crippen LogP contribution in [0.25, 0.3) is 0 Å². The van der Waals surface area contributed by atoms with E-state index in [4.69, 9.17) is 23.2 Å². The number of aromatic nitrogens is 2. The number of benzene rings is 2. The minimum absolute atomic E-state index is 0.243. The van der Waals surface area contributed by atoms with Crippen LogP contribution in [0.15, 0.2) is 54.7 Å². The predicted octanol–water partition coefficient (Wildman–Crippen LogP) is 5.05. The lowest BCUT2D eigenvalue weighted by molar-refractivity contribution is 0.102. The van der Waals surface area contributed by atoms with Crippen molar-refractivity contribution in [1.82, 2.24) is 9.78 Å². The van der Waals surface area contributed by atoms with E-state index < -0.39 is 0 Å². The fourth-order valence-corrected chi connectivity index (χ4v) is 2.83. The molecule has 1 amide bonds. The van der Waals surface area contributed by atoms with E-state index in [1.54, 1.807) is 23.0 Å². The number of halogens is 2. The number of anilines is 1. The van der Waals surface area contributed by atoms with Crippen molar-refractivity contribution < 1.29 is 4.79 Å². The molecule has 0 atom stereocenters.